The molecule has 0 spiro atoms. The molecule has 4 rings (SSSR count). The number of carbonyl (C=O) groups is 2. The molecule has 11 heteroatoms. The van der Waals surface area contributed by atoms with Gasteiger partial charge >= 0.3 is 0 Å². The summed E-state index contributed by atoms with van der Waals surface area (Å²) in [5, 5.41) is 8.67. The minimum atomic E-state index is -3.70. The number of H-pyrrole nitrogens is 1. The summed E-state index contributed by atoms with van der Waals surface area (Å²) in [6.07, 6.45) is 0.597. The lowest BCUT2D eigenvalue weighted by molar-refractivity contribution is 0.0844. The van der Waals surface area contributed by atoms with Crippen LogP contribution in [0.2, 0.25) is 0 Å². The van der Waals surface area contributed by atoms with Gasteiger partial charge in [-0.2, -0.15) is 5.10 Å². The van der Waals surface area contributed by atoms with Crippen LogP contribution in [0.3, 0.4) is 0 Å². The zero-order valence-electron chi connectivity index (χ0n) is 17.8. The normalized spacial score (nSPS) is 11.2. The third kappa shape index (κ3) is 5.76. The number of aromatic amines is 1. The summed E-state index contributed by atoms with van der Waals surface area (Å²) in [5.41, 5.74) is 6.42. The number of benzene rings is 2. The summed E-state index contributed by atoms with van der Waals surface area (Å²) >= 11 is 1.57. The van der Waals surface area contributed by atoms with Gasteiger partial charge in [0.1, 0.15) is 5.69 Å². The van der Waals surface area contributed by atoms with Gasteiger partial charge in [-0.1, -0.05) is 36.4 Å². The fourth-order valence-corrected chi connectivity index (χ4v) is 4.82. The van der Waals surface area contributed by atoms with E-state index in [9.17, 15) is 18.0 Å². The minimum Gasteiger partial charge on any atom is -0.272 e. The topological polar surface area (TPSA) is 133 Å². The van der Waals surface area contributed by atoms with Gasteiger partial charge in [-0.25, -0.2) is 13.1 Å². The molecule has 0 aliphatic heterocycles. The van der Waals surface area contributed by atoms with Crippen molar-refractivity contribution in [1.82, 2.24) is 25.8 Å². The monoisotopic (exact) mass is 495 g/mol. The quantitative estimate of drug-likeness (QED) is 0.279. The first-order chi connectivity index (χ1) is 16.4. The average molecular weight is 496 g/mol. The molecule has 0 saturated carbocycles. The van der Waals surface area contributed by atoms with Crippen molar-refractivity contribution >= 4 is 33.2 Å². The smallest absolute Gasteiger partial charge is 0.272 e. The number of aromatic nitrogens is 2. The number of hydrogen-bond acceptors (Lipinski definition) is 6. The van der Waals surface area contributed by atoms with Gasteiger partial charge in [0.05, 0.1) is 10.6 Å². The van der Waals surface area contributed by atoms with Crippen molar-refractivity contribution in [2.24, 2.45) is 0 Å². The van der Waals surface area contributed by atoms with E-state index in [0.717, 1.165) is 10.4 Å². The molecule has 2 heterocycles. The van der Waals surface area contributed by atoms with Crippen LogP contribution in [0.25, 0.3) is 11.3 Å². The van der Waals surface area contributed by atoms with Gasteiger partial charge in [0.25, 0.3) is 11.8 Å². The fraction of sp³-hybridized carbons (Fsp3) is 0.0870. The molecule has 2 aromatic heterocycles. The van der Waals surface area contributed by atoms with Crippen molar-refractivity contribution in [3.05, 3.63) is 94.3 Å². The zero-order chi connectivity index (χ0) is 24.0. The van der Waals surface area contributed by atoms with Crippen molar-refractivity contribution < 1.29 is 18.0 Å². The third-order valence-corrected chi connectivity index (χ3v) is 7.27. The largest absolute Gasteiger partial charge is 0.287 e. The maximum Gasteiger partial charge on any atom is 0.287 e. The summed E-state index contributed by atoms with van der Waals surface area (Å²) in [4.78, 5) is 25.8. The SMILES string of the molecule is O=C(NNC(=O)c1cc(-c2ccccc2)n[nH]1)c1ccc(S(=O)(=O)NCCc2cccs2)cc1. The Labute approximate surface area is 200 Å². The summed E-state index contributed by atoms with van der Waals surface area (Å²) in [6, 6.07) is 20.2. The number of rotatable bonds is 8. The summed E-state index contributed by atoms with van der Waals surface area (Å²) < 4.78 is 27.4. The van der Waals surface area contributed by atoms with Crippen LogP contribution in [0.1, 0.15) is 25.7 Å². The Hall–Kier alpha value is -3.80. The standard InChI is InChI=1S/C23H21N5O4S2/c29-22(27-28-23(30)21-15-20(25-26-21)16-5-2-1-3-6-16)17-8-10-19(11-9-17)34(31,32)24-13-12-18-7-4-14-33-18/h1-11,14-15,24H,12-13H2,(H,25,26)(H,27,29)(H,28,30). The second-order valence-corrected chi connectivity index (χ2v) is 9.99. The third-order valence-electron chi connectivity index (χ3n) is 4.85. The van der Waals surface area contributed by atoms with E-state index in [2.05, 4.69) is 25.8 Å². The van der Waals surface area contributed by atoms with Crippen LogP contribution in [-0.4, -0.2) is 37.0 Å². The Balaban J connectivity index is 1.30. The van der Waals surface area contributed by atoms with Gasteiger partial charge in [-0.15, -0.1) is 11.3 Å². The van der Waals surface area contributed by atoms with Crippen molar-refractivity contribution in [3.63, 3.8) is 0 Å². The van der Waals surface area contributed by atoms with E-state index in [1.807, 2.05) is 47.8 Å². The zero-order valence-corrected chi connectivity index (χ0v) is 19.4. The second-order valence-electron chi connectivity index (χ2n) is 7.19. The molecular weight excluding hydrogens is 474 g/mol. The van der Waals surface area contributed by atoms with Crippen molar-refractivity contribution in [2.75, 3.05) is 6.54 Å². The highest BCUT2D eigenvalue weighted by Crippen LogP contribution is 2.17. The van der Waals surface area contributed by atoms with E-state index in [1.54, 1.807) is 17.4 Å². The van der Waals surface area contributed by atoms with Gasteiger partial charge in [-0.3, -0.25) is 25.5 Å². The first-order valence-electron chi connectivity index (χ1n) is 10.3. The Kier molecular flexibility index (Phi) is 7.16. The summed E-state index contributed by atoms with van der Waals surface area (Å²) in [5.74, 6) is -1.16. The van der Waals surface area contributed by atoms with Crippen molar-refractivity contribution in [3.8, 4) is 11.3 Å². The van der Waals surface area contributed by atoms with Gasteiger partial charge in [-0.05, 0) is 48.2 Å². The van der Waals surface area contributed by atoms with Gasteiger partial charge < -0.3 is 0 Å². The van der Waals surface area contributed by atoms with E-state index in [-0.39, 0.29) is 22.7 Å². The van der Waals surface area contributed by atoms with Crippen LogP contribution < -0.4 is 15.6 Å². The van der Waals surface area contributed by atoms with Gasteiger partial charge in [0.15, 0.2) is 0 Å². The molecule has 9 nitrogen and oxygen atoms in total. The van der Waals surface area contributed by atoms with Crippen LogP contribution in [0.5, 0.6) is 0 Å². The number of hydrazine groups is 1. The number of nitrogens with one attached hydrogen (secondary N) is 4. The molecule has 4 aromatic rings. The predicted molar refractivity (Wildman–Crippen MR) is 129 cm³/mol. The van der Waals surface area contributed by atoms with Crippen molar-refractivity contribution in [1.29, 1.82) is 0 Å². The lowest BCUT2D eigenvalue weighted by Crippen LogP contribution is -2.41. The van der Waals surface area contributed by atoms with Crippen LogP contribution in [0.4, 0.5) is 0 Å². The number of sulfonamides is 1. The van der Waals surface area contributed by atoms with E-state index >= 15 is 0 Å². The molecule has 34 heavy (non-hydrogen) atoms. The predicted octanol–water partition coefficient (Wildman–Crippen LogP) is 2.73. The maximum absolute atomic E-state index is 12.4. The van der Waals surface area contributed by atoms with Crippen LogP contribution in [0, 0.1) is 0 Å². The molecule has 0 aliphatic rings. The summed E-state index contributed by atoms with van der Waals surface area (Å²) in [6.45, 7) is 0.275. The fourth-order valence-electron chi connectivity index (χ4n) is 3.08. The van der Waals surface area contributed by atoms with E-state index in [1.165, 1.54) is 24.3 Å². The Bertz CT molecular complexity index is 1370. The first kappa shape index (κ1) is 23.4. The molecule has 0 saturated heterocycles. The molecule has 2 aromatic carbocycles. The molecule has 174 valence electrons. The van der Waals surface area contributed by atoms with Gasteiger partial charge in [0.2, 0.25) is 10.0 Å². The Morgan fingerprint density at radius 1 is 0.912 bits per heavy atom. The number of hydrogen-bond donors (Lipinski definition) is 4. The van der Waals surface area contributed by atoms with Crippen LogP contribution in [-0.2, 0) is 16.4 Å². The number of thiophene rings is 1. The number of nitrogens with zero attached hydrogens (tertiary/aromatic N) is 1. The number of carbonyl (C=O) groups excluding carboxylic acids is 2. The van der Waals surface area contributed by atoms with Crippen molar-refractivity contribution in [2.45, 2.75) is 11.3 Å². The maximum atomic E-state index is 12.4. The first-order valence-corrected chi connectivity index (χ1v) is 12.6. The second kappa shape index (κ2) is 10.4. The van der Waals surface area contributed by atoms with Gasteiger partial charge in [0, 0.05) is 22.5 Å². The molecule has 4 N–H and O–H groups in total. The highest BCUT2D eigenvalue weighted by atomic mass is 32.2. The Morgan fingerprint density at radius 3 is 2.35 bits per heavy atom. The molecule has 0 atom stereocenters. The molecule has 0 radical (unpaired) electrons. The number of amides is 2. The minimum absolute atomic E-state index is 0.0465. The van der Waals surface area contributed by atoms with E-state index < -0.39 is 21.8 Å². The molecule has 2 amide bonds. The molecular formula is C23H21N5O4S2. The lowest BCUT2D eigenvalue weighted by Gasteiger charge is -2.08. The molecule has 0 bridgehead atoms. The molecule has 0 unspecified atom stereocenters. The molecule has 0 fully saturated rings. The lowest BCUT2D eigenvalue weighted by atomic mass is 10.1. The van der Waals surface area contributed by atoms with Crippen LogP contribution >= 0.6 is 11.3 Å². The highest BCUT2D eigenvalue weighted by Gasteiger charge is 2.16. The van der Waals surface area contributed by atoms with E-state index in [0.29, 0.717) is 12.1 Å². The molecule has 0 aliphatic carbocycles. The summed E-state index contributed by atoms with van der Waals surface area (Å²) in [7, 11) is -3.70. The Morgan fingerprint density at radius 2 is 1.65 bits per heavy atom. The highest BCUT2D eigenvalue weighted by molar-refractivity contribution is 7.89. The van der Waals surface area contributed by atoms with Crippen LogP contribution in [0.15, 0.2) is 83.1 Å². The van der Waals surface area contributed by atoms with E-state index in [4.69, 9.17) is 0 Å². The average Bonchev–Trinajstić information content (AvgIpc) is 3.56.